The van der Waals surface area contributed by atoms with Crippen molar-refractivity contribution in [3.8, 4) is 16.9 Å². The second kappa shape index (κ2) is 10.9. The summed E-state index contributed by atoms with van der Waals surface area (Å²) in [5.74, 6) is 0.704. The molecule has 3 aromatic heterocycles. The van der Waals surface area contributed by atoms with Crippen LogP contribution in [0, 0.1) is 6.92 Å². The Kier molecular flexibility index (Phi) is 7.43. The Morgan fingerprint density at radius 2 is 2.02 bits per heavy atom. The van der Waals surface area contributed by atoms with E-state index >= 15 is 0 Å². The van der Waals surface area contributed by atoms with Crippen LogP contribution in [-0.4, -0.2) is 51.7 Å². The van der Waals surface area contributed by atoms with E-state index in [-0.39, 0.29) is 24.8 Å². The van der Waals surface area contributed by atoms with Crippen LogP contribution in [0.15, 0.2) is 52.3 Å². The molecule has 1 aliphatic carbocycles. The molecule has 0 unspecified atom stereocenters. The van der Waals surface area contributed by atoms with E-state index in [9.17, 15) is 22.8 Å². The number of hydrogen-bond acceptors (Lipinski definition) is 7. The second-order valence-electron chi connectivity index (χ2n) is 10.3. The van der Waals surface area contributed by atoms with Crippen LogP contribution in [0.5, 0.6) is 5.75 Å². The van der Waals surface area contributed by atoms with Crippen molar-refractivity contribution in [1.29, 1.82) is 0 Å². The van der Waals surface area contributed by atoms with Gasteiger partial charge in [0.2, 0.25) is 0 Å². The summed E-state index contributed by atoms with van der Waals surface area (Å²) in [6.45, 7) is 1.77. The van der Waals surface area contributed by atoms with Crippen LogP contribution < -0.4 is 21.3 Å². The molecular formula is C28H26ClF3N4O4S. The number of morpholine rings is 1. The zero-order chi connectivity index (χ0) is 28.9. The predicted molar refractivity (Wildman–Crippen MR) is 150 cm³/mol. The van der Waals surface area contributed by atoms with E-state index in [1.807, 2.05) is 25.1 Å². The molecule has 41 heavy (non-hydrogen) atoms. The molecule has 4 aromatic rings. The van der Waals surface area contributed by atoms with E-state index < -0.39 is 24.0 Å². The Morgan fingerprint density at radius 3 is 2.80 bits per heavy atom. The number of alkyl halides is 3. The number of ether oxygens (including phenoxy) is 2. The summed E-state index contributed by atoms with van der Waals surface area (Å²) >= 11 is 7.80. The summed E-state index contributed by atoms with van der Waals surface area (Å²) in [4.78, 5) is 30.2. The van der Waals surface area contributed by atoms with E-state index in [2.05, 4.69) is 10.3 Å². The number of nitrogens with one attached hydrogen (secondary N) is 1. The third kappa shape index (κ3) is 5.78. The number of hydrogen-bond donors (Lipinski definition) is 1. The molecule has 0 spiro atoms. The molecule has 0 bridgehead atoms. The lowest BCUT2D eigenvalue weighted by atomic mass is 10.0. The van der Waals surface area contributed by atoms with Crippen LogP contribution in [0.1, 0.15) is 23.3 Å². The highest BCUT2D eigenvalue weighted by Crippen LogP contribution is 2.43. The average molecular weight is 607 g/mol. The molecule has 1 aliphatic heterocycles. The summed E-state index contributed by atoms with van der Waals surface area (Å²) in [6, 6.07) is 8.49. The first-order valence-corrected chi connectivity index (χ1v) is 14.3. The molecule has 13 heteroatoms. The number of aromatic nitrogens is 3. The van der Waals surface area contributed by atoms with Gasteiger partial charge in [0.1, 0.15) is 18.4 Å². The van der Waals surface area contributed by atoms with Crippen molar-refractivity contribution in [1.82, 2.24) is 19.4 Å². The minimum Gasteiger partial charge on any atom is -0.489 e. The maximum absolute atomic E-state index is 12.9. The number of nitrogens with zero attached hydrogens (tertiary/aromatic N) is 3. The van der Waals surface area contributed by atoms with E-state index in [1.165, 1.54) is 11.3 Å². The topological polar surface area (TPSA) is 87.4 Å². The lowest BCUT2D eigenvalue weighted by Crippen LogP contribution is -2.44. The number of pyridine rings is 1. The first-order valence-electron chi connectivity index (χ1n) is 13.1. The average Bonchev–Trinajstić information content (AvgIpc) is 3.52. The molecule has 8 nitrogen and oxygen atoms in total. The Labute approximate surface area is 241 Å². The largest absolute Gasteiger partial charge is 0.489 e. The Balaban J connectivity index is 1.36. The van der Waals surface area contributed by atoms with Crippen molar-refractivity contribution < 1.29 is 22.6 Å². The number of rotatable bonds is 6. The molecule has 2 aliphatic rings. The van der Waals surface area contributed by atoms with Crippen LogP contribution in [0.2, 0.25) is 5.02 Å². The molecule has 1 N–H and O–H groups in total. The third-order valence-electron chi connectivity index (χ3n) is 7.38. The molecule has 0 radical (unpaired) electrons. The van der Waals surface area contributed by atoms with Crippen LogP contribution in [0.25, 0.3) is 21.3 Å². The molecular weight excluding hydrogens is 581 g/mol. The maximum atomic E-state index is 12.9. The minimum absolute atomic E-state index is 0.0470. The molecule has 1 saturated heterocycles. The Bertz CT molecular complexity index is 1720. The third-order valence-corrected chi connectivity index (χ3v) is 8.74. The van der Waals surface area contributed by atoms with Gasteiger partial charge in [-0.25, -0.2) is 4.79 Å². The first-order chi connectivity index (χ1) is 19.6. The molecule has 216 valence electrons. The van der Waals surface area contributed by atoms with E-state index in [0.717, 1.165) is 57.6 Å². The van der Waals surface area contributed by atoms with Gasteiger partial charge in [-0.2, -0.15) is 13.2 Å². The monoisotopic (exact) mass is 606 g/mol. The van der Waals surface area contributed by atoms with Gasteiger partial charge < -0.3 is 14.8 Å². The number of thiophene rings is 1. The highest BCUT2D eigenvalue weighted by atomic mass is 35.5. The molecule has 3 atom stereocenters. The summed E-state index contributed by atoms with van der Waals surface area (Å²) in [5, 5.41) is 4.04. The van der Waals surface area contributed by atoms with Gasteiger partial charge in [-0.05, 0) is 36.8 Å². The van der Waals surface area contributed by atoms with Gasteiger partial charge in [0.05, 0.1) is 29.5 Å². The van der Waals surface area contributed by atoms with Crippen LogP contribution in [0.4, 0.5) is 13.2 Å². The number of halogens is 4. The van der Waals surface area contributed by atoms with Crippen LogP contribution >= 0.6 is 22.9 Å². The van der Waals surface area contributed by atoms with Crippen molar-refractivity contribution in [3.05, 3.63) is 79.0 Å². The van der Waals surface area contributed by atoms with Gasteiger partial charge >= 0.3 is 11.9 Å². The molecule has 2 fully saturated rings. The van der Waals surface area contributed by atoms with Crippen molar-refractivity contribution in [2.45, 2.75) is 57.3 Å². The predicted octanol–water partition coefficient (Wildman–Crippen LogP) is 4.76. The van der Waals surface area contributed by atoms with Gasteiger partial charge in [-0.15, -0.1) is 11.3 Å². The number of benzene rings is 1. The standard InChI is InChI=1S/C28H26ClF3N4O4S/c1-15-8-16(29)9-20(25(15)40-17-10-21-23(11-17)39-7-5-34-21)19-2-4-33-22-12-18(41-26(19)22)13-36-24(37)3-6-35(27(36)38)14-28(30,31)32/h2-4,6,8-9,12,17,21,23,34H,5,7,10-11,13-14H2,1H3/t17-,21-,23+/m0/s1. The van der Waals surface area contributed by atoms with Gasteiger partial charge in [-0.1, -0.05) is 11.6 Å². The molecule has 6 rings (SSSR count). The fourth-order valence-corrected chi connectivity index (χ4v) is 7.01. The highest BCUT2D eigenvalue weighted by Gasteiger charge is 2.38. The normalized spacial score (nSPS) is 20.9. The van der Waals surface area contributed by atoms with Crippen LogP contribution in [0.3, 0.4) is 0 Å². The summed E-state index contributed by atoms with van der Waals surface area (Å²) in [5.41, 5.74) is 1.37. The molecule has 4 heterocycles. The molecule has 1 aromatic carbocycles. The van der Waals surface area contributed by atoms with Gasteiger partial charge in [0.15, 0.2) is 0 Å². The zero-order valence-electron chi connectivity index (χ0n) is 21.9. The van der Waals surface area contributed by atoms with E-state index in [1.54, 1.807) is 12.3 Å². The molecule has 1 saturated carbocycles. The zero-order valence-corrected chi connectivity index (χ0v) is 23.5. The van der Waals surface area contributed by atoms with Crippen molar-refractivity contribution in [2.75, 3.05) is 13.2 Å². The summed E-state index contributed by atoms with van der Waals surface area (Å²) in [7, 11) is 0. The minimum atomic E-state index is -4.60. The lowest BCUT2D eigenvalue weighted by Gasteiger charge is -2.26. The smallest absolute Gasteiger partial charge is 0.406 e. The Morgan fingerprint density at radius 1 is 1.20 bits per heavy atom. The van der Waals surface area contributed by atoms with E-state index in [4.69, 9.17) is 21.1 Å². The fraction of sp³-hybridized carbons (Fsp3) is 0.393. The van der Waals surface area contributed by atoms with Gasteiger partial charge in [0.25, 0.3) is 5.56 Å². The number of aryl methyl sites for hydroxylation is 1. The lowest BCUT2D eigenvalue weighted by molar-refractivity contribution is -0.141. The number of fused-ring (bicyclic) bond motifs is 2. The van der Waals surface area contributed by atoms with Crippen molar-refractivity contribution >= 4 is 33.2 Å². The SMILES string of the molecule is Cc1cc(Cl)cc(-c2ccnc3cc(Cn4c(=O)ccn(CC(F)(F)F)c4=O)sc23)c1O[C@H]1C[C@@H]2NCCO[C@@H]2C1. The fourth-order valence-electron chi connectivity index (χ4n) is 5.61. The Hall–Kier alpha value is -3.19. The maximum Gasteiger partial charge on any atom is 0.406 e. The van der Waals surface area contributed by atoms with Crippen molar-refractivity contribution in [2.24, 2.45) is 0 Å². The van der Waals surface area contributed by atoms with Crippen LogP contribution in [-0.2, 0) is 17.8 Å². The first kappa shape index (κ1) is 28.0. The van der Waals surface area contributed by atoms with Gasteiger partial charge in [0, 0.05) is 64.9 Å². The quantitative estimate of drug-likeness (QED) is 0.341. The van der Waals surface area contributed by atoms with Crippen molar-refractivity contribution in [3.63, 3.8) is 0 Å². The highest BCUT2D eigenvalue weighted by molar-refractivity contribution is 7.19. The van der Waals surface area contributed by atoms with E-state index in [0.29, 0.717) is 32.3 Å². The van der Waals surface area contributed by atoms with Gasteiger partial charge in [-0.3, -0.25) is 18.9 Å². The second-order valence-corrected chi connectivity index (χ2v) is 11.9. The summed E-state index contributed by atoms with van der Waals surface area (Å²) < 4.78 is 53.4. The summed E-state index contributed by atoms with van der Waals surface area (Å²) in [6.07, 6.45) is -0.430. The molecule has 0 amide bonds.